The Kier molecular flexibility index (Phi) is 9.51. The lowest BCUT2D eigenvalue weighted by Gasteiger charge is -2.24. The summed E-state index contributed by atoms with van der Waals surface area (Å²) >= 11 is 12.0. The lowest BCUT2D eigenvalue weighted by atomic mass is 10.0. The van der Waals surface area contributed by atoms with E-state index in [-0.39, 0.29) is 29.2 Å². The molecule has 1 fully saturated rings. The molecule has 0 aromatic heterocycles. The van der Waals surface area contributed by atoms with Crippen molar-refractivity contribution in [1.82, 2.24) is 15.5 Å². The zero-order chi connectivity index (χ0) is 24.7. The van der Waals surface area contributed by atoms with Gasteiger partial charge in [0, 0.05) is 12.1 Å². The first-order chi connectivity index (χ1) is 16.2. The highest BCUT2D eigenvalue weighted by atomic mass is 35.5. The molecule has 0 radical (unpaired) electrons. The van der Waals surface area contributed by atoms with Crippen LogP contribution in [-0.4, -0.2) is 47.7 Å². The molecule has 0 saturated carbocycles. The number of ketones is 1. The normalized spacial score (nSPS) is 17.8. The molecule has 0 spiro atoms. The van der Waals surface area contributed by atoms with E-state index in [1.165, 1.54) is 6.07 Å². The summed E-state index contributed by atoms with van der Waals surface area (Å²) in [4.78, 5) is 40.9. The van der Waals surface area contributed by atoms with Crippen LogP contribution < -0.4 is 10.6 Å². The van der Waals surface area contributed by atoms with Crippen molar-refractivity contribution in [2.24, 2.45) is 5.92 Å². The molecular formula is C26H31Cl2N3O3. The predicted octanol–water partition coefficient (Wildman–Crippen LogP) is 4.49. The molecule has 1 unspecified atom stereocenters. The molecule has 6 nitrogen and oxygen atoms in total. The molecule has 0 aliphatic carbocycles. The molecule has 2 atom stereocenters. The van der Waals surface area contributed by atoms with E-state index in [1.54, 1.807) is 12.1 Å². The Labute approximate surface area is 211 Å². The fraction of sp³-hybridized carbons (Fsp3) is 0.423. The SMILES string of the molecule is CC(C)C[C@H](NC(=O)c1ccc(Cl)c(Cl)c1)C(=O)NC1CCCN(Cc2ccccc2)CC1=O. The average Bonchev–Trinajstić information content (AvgIpc) is 2.96. The van der Waals surface area contributed by atoms with E-state index in [2.05, 4.69) is 15.5 Å². The molecule has 34 heavy (non-hydrogen) atoms. The zero-order valence-corrected chi connectivity index (χ0v) is 21.0. The minimum Gasteiger partial charge on any atom is -0.344 e. The lowest BCUT2D eigenvalue weighted by Crippen LogP contribution is -2.52. The second-order valence-electron chi connectivity index (χ2n) is 9.15. The van der Waals surface area contributed by atoms with Crippen LogP contribution in [0.5, 0.6) is 0 Å². The third kappa shape index (κ3) is 7.55. The molecule has 2 aromatic carbocycles. The Morgan fingerprint density at radius 3 is 2.50 bits per heavy atom. The van der Waals surface area contributed by atoms with Crippen LogP contribution in [0.3, 0.4) is 0 Å². The molecule has 1 saturated heterocycles. The van der Waals surface area contributed by atoms with Crippen molar-refractivity contribution in [3.63, 3.8) is 0 Å². The Bertz CT molecular complexity index is 1010. The molecule has 182 valence electrons. The van der Waals surface area contributed by atoms with Crippen molar-refractivity contribution < 1.29 is 14.4 Å². The monoisotopic (exact) mass is 503 g/mol. The van der Waals surface area contributed by atoms with Crippen LogP contribution in [0.15, 0.2) is 48.5 Å². The summed E-state index contributed by atoms with van der Waals surface area (Å²) in [6.07, 6.45) is 1.82. The summed E-state index contributed by atoms with van der Waals surface area (Å²) in [6.45, 7) is 5.72. The summed E-state index contributed by atoms with van der Waals surface area (Å²) in [5.41, 5.74) is 1.47. The fourth-order valence-corrected chi connectivity index (χ4v) is 4.37. The highest BCUT2D eigenvalue weighted by molar-refractivity contribution is 6.42. The van der Waals surface area contributed by atoms with Crippen LogP contribution in [0, 0.1) is 5.92 Å². The van der Waals surface area contributed by atoms with Crippen molar-refractivity contribution in [2.75, 3.05) is 13.1 Å². The number of halogens is 2. The number of hydrogen-bond donors (Lipinski definition) is 2. The molecule has 3 rings (SSSR count). The van der Waals surface area contributed by atoms with Crippen molar-refractivity contribution in [3.05, 3.63) is 69.7 Å². The molecule has 2 N–H and O–H groups in total. The second kappa shape index (κ2) is 12.3. The first-order valence-corrected chi connectivity index (χ1v) is 12.3. The van der Waals surface area contributed by atoms with Crippen molar-refractivity contribution in [3.8, 4) is 0 Å². The summed E-state index contributed by atoms with van der Waals surface area (Å²) in [5.74, 6) is -0.616. The fourth-order valence-electron chi connectivity index (χ4n) is 4.07. The predicted molar refractivity (Wildman–Crippen MR) is 135 cm³/mol. The lowest BCUT2D eigenvalue weighted by molar-refractivity contribution is -0.129. The highest BCUT2D eigenvalue weighted by Gasteiger charge is 2.30. The third-order valence-electron chi connectivity index (χ3n) is 5.81. The highest BCUT2D eigenvalue weighted by Crippen LogP contribution is 2.23. The van der Waals surface area contributed by atoms with Gasteiger partial charge in [0.2, 0.25) is 5.91 Å². The molecule has 8 heteroatoms. The van der Waals surface area contributed by atoms with Gasteiger partial charge in [-0.3, -0.25) is 19.3 Å². The Balaban J connectivity index is 1.63. The first kappa shape index (κ1) is 26.2. The number of hydrogen-bond acceptors (Lipinski definition) is 4. The van der Waals surface area contributed by atoms with Gasteiger partial charge >= 0.3 is 0 Å². The first-order valence-electron chi connectivity index (χ1n) is 11.6. The molecule has 2 amide bonds. The van der Waals surface area contributed by atoms with Gasteiger partial charge < -0.3 is 10.6 Å². The van der Waals surface area contributed by atoms with E-state index in [0.717, 1.165) is 18.5 Å². The second-order valence-corrected chi connectivity index (χ2v) is 9.96. The number of nitrogens with zero attached hydrogens (tertiary/aromatic N) is 1. The number of benzene rings is 2. The maximum atomic E-state index is 13.1. The Hall–Kier alpha value is -2.41. The van der Waals surface area contributed by atoms with Crippen molar-refractivity contribution in [1.29, 1.82) is 0 Å². The van der Waals surface area contributed by atoms with Crippen molar-refractivity contribution >= 4 is 40.8 Å². The minimum atomic E-state index is -0.765. The van der Waals surface area contributed by atoms with Gasteiger partial charge in [-0.05, 0) is 55.5 Å². The number of rotatable bonds is 8. The van der Waals surface area contributed by atoms with Gasteiger partial charge in [-0.15, -0.1) is 0 Å². The topological polar surface area (TPSA) is 78.5 Å². The van der Waals surface area contributed by atoms with Crippen LogP contribution in [0.2, 0.25) is 10.0 Å². The van der Waals surface area contributed by atoms with Gasteiger partial charge in [-0.25, -0.2) is 0 Å². The maximum Gasteiger partial charge on any atom is 0.251 e. The van der Waals surface area contributed by atoms with E-state index >= 15 is 0 Å². The summed E-state index contributed by atoms with van der Waals surface area (Å²) in [6, 6.07) is 13.3. The summed E-state index contributed by atoms with van der Waals surface area (Å²) < 4.78 is 0. The van der Waals surface area contributed by atoms with Gasteiger partial charge in [0.15, 0.2) is 5.78 Å². The minimum absolute atomic E-state index is 0.0131. The van der Waals surface area contributed by atoms with Gasteiger partial charge in [0.1, 0.15) is 6.04 Å². The number of amides is 2. The third-order valence-corrected chi connectivity index (χ3v) is 6.55. The number of likely N-dealkylation sites (tertiary alicyclic amines) is 1. The smallest absolute Gasteiger partial charge is 0.251 e. The average molecular weight is 504 g/mol. The Morgan fingerprint density at radius 2 is 1.82 bits per heavy atom. The molecule has 1 aliphatic heterocycles. The van der Waals surface area contributed by atoms with Gasteiger partial charge in [-0.1, -0.05) is 67.4 Å². The summed E-state index contributed by atoms with van der Waals surface area (Å²) in [5, 5.41) is 6.31. The van der Waals surface area contributed by atoms with Crippen LogP contribution >= 0.6 is 23.2 Å². The molecule has 1 heterocycles. The van der Waals surface area contributed by atoms with E-state index in [9.17, 15) is 14.4 Å². The standard InChI is InChI=1S/C26H31Cl2N3O3/c1-17(2)13-23(30-25(33)19-10-11-20(27)21(28)14-19)26(34)29-22-9-6-12-31(16-24(22)32)15-18-7-4-3-5-8-18/h3-5,7-8,10-11,14,17,22-23H,6,9,12-13,15-16H2,1-2H3,(H,29,34)(H,30,33)/t22?,23-/m0/s1. The number of Topliss-reactive ketones (excluding diaryl/α,β-unsaturated/α-hetero) is 1. The maximum absolute atomic E-state index is 13.1. The zero-order valence-electron chi connectivity index (χ0n) is 19.5. The molecule has 1 aliphatic rings. The molecule has 0 bridgehead atoms. The van der Waals surface area contributed by atoms with E-state index < -0.39 is 18.0 Å². The summed E-state index contributed by atoms with van der Waals surface area (Å²) in [7, 11) is 0. The van der Waals surface area contributed by atoms with Gasteiger partial charge in [-0.2, -0.15) is 0 Å². The van der Waals surface area contributed by atoms with Crippen LogP contribution in [-0.2, 0) is 16.1 Å². The van der Waals surface area contributed by atoms with E-state index in [4.69, 9.17) is 23.2 Å². The van der Waals surface area contributed by atoms with Gasteiger partial charge in [0.25, 0.3) is 5.91 Å². The number of carbonyl (C=O) groups excluding carboxylic acids is 3. The van der Waals surface area contributed by atoms with Crippen molar-refractivity contribution in [2.45, 2.75) is 51.7 Å². The van der Waals surface area contributed by atoms with Crippen LogP contribution in [0.25, 0.3) is 0 Å². The van der Waals surface area contributed by atoms with Crippen LogP contribution in [0.1, 0.15) is 49.0 Å². The van der Waals surface area contributed by atoms with E-state index in [0.29, 0.717) is 30.0 Å². The Morgan fingerprint density at radius 1 is 1.09 bits per heavy atom. The van der Waals surface area contributed by atoms with Crippen LogP contribution in [0.4, 0.5) is 0 Å². The van der Waals surface area contributed by atoms with E-state index in [1.807, 2.05) is 44.2 Å². The molecular weight excluding hydrogens is 473 g/mol. The molecule has 2 aromatic rings. The van der Waals surface area contributed by atoms with Gasteiger partial charge in [0.05, 0.1) is 22.6 Å². The quantitative estimate of drug-likeness (QED) is 0.556. The number of nitrogens with one attached hydrogen (secondary N) is 2. The number of carbonyl (C=O) groups is 3. The largest absolute Gasteiger partial charge is 0.344 e.